The van der Waals surface area contributed by atoms with Gasteiger partial charge in [0.15, 0.2) is 5.82 Å². The van der Waals surface area contributed by atoms with E-state index in [1.54, 1.807) is 0 Å². The number of piperidine rings is 1. The van der Waals surface area contributed by atoms with Gasteiger partial charge in [0.05, 0.1) is 0 Å². The van der Waals surface area contributed by atoms with Gasteiger partial charge in [-0.1, -0.05) is 17.3 Å². The van der Waals surface area contributed by atoms with E-state index in [2.05, 4.69) is 15.5 Å². The average Bonchev–Trinajstić information content (AvgIpc) is 3.40. The van der Waals surface area contributed by atoms with Crippen LogP contribution in [-0.4, -0.2) is 34.2 Å². The summed E-state index contributed by atoms with van der Waals surface area (Å²) in [6.07, 6.45) is 5.06. The third kappa shape index (κ3) is 4.46. The number of likely N-dealkylation sites (tertiary alicyclic amines) is 1. The molecule has 1 aromatic carbocycles. The van der Waals surface area contributed by atoms with Crippen LogP contribution in [0.25, 0.3) is 0 Å². The molecule has 0 unspecified atom stereocenters. The van der Waals surface area contributed by atoms with Crippen LogP contribution in [0.1, 0.15) is 61.8 Å². The Kier molecular flexibility index (Phi) is 5.09. The lowest BCUT2D eigenvalue weighted by molar-refractivity contribution is 0.165. The first-order valence-corrected chi connectivity index (χ1v) is 9.72. The molecule has 27 heavy (non-hydrogen) atoms. The molecule has 1 N–H and O–H groups in total. The Hall–Kier alpha value is -2.44. The Balaban J connectivity index is 1.24. The van der Waals surface area contributed by atoms with Crippen molar-refractivity contribution in [3.05, 3.63) is 47.4 Å². The number of hydrogen-bond donors (Lipinski definition) is 1. The molecule has 2 aromatic rings. The van der Waals surface area contributed by atoms with Crippen molar-refractivity contribution >= 4 is 6.03 Å². The minimum atomic E-state index is -0.297. The number of aromatic nitrogens is 2. The summed E-state index contributed by atoms with van der Waals surface area (Å²) in [5.74, 6) is 1.98. The van der Waals surface area contributed by atoms with E-state index in [1.165, 1.54) is 12.1 Å². The van der Waals surface area contributed by atoms with Gasteiger partial charge in [0.1, 0.15) is 11.9 Å². The molecule has 6 nitrogen and oxygen atoms in total. The van der Waals surface area contributed by atoms with Crippen LogP contribution in [0.2, 0.25) is 0 Å². The normalized spacial score (nSPS) is 19.1. The molecule has 4 rings (SSSR count). The van der Waals surface area contributed by atoms with Crippen LogP contribution < -0.4 is 5.32 Å². The largest absolute Gasteiger partial charge is 0.337 e. The number of nitrogens with one attached hydrogen (secondary N) is 1. The highest BCUT2D eigenvalue weighted by Crippen LogP contribution is 2.38. The Morgan fingerprint density at radius 2 is 1.96 bits per heavy atom. The fourth-order valence-corrected chi connectivity index (χ4v) is 3.56. The molecular weight excluding hydrogens is 347 g/mol. The molecule has 1 aliphatic carbocycles. The van der Waals surface area contributed by atoms with E-state index in [0.29, 0.717) is 17.7 Å². The highest BCUT2D eigenvalue weighted by atomic mass is 19.1. The van der Waals surface area contributed by atoms with Crippen LogP contribution in [0, 0.1) is 11.7 Å². The maximum absolute atomic E-state index is 13.0. The van der Waals surface area contributed by atoms with Crippen LogP contribution in [0.5, 0.6) is 0 Å². The van der Waals surface area contributed by atoms with E-state index in [-0.39, 0.29) is 17.9 Å². The fourth-order valence-electron chi connectivity index (χ4n) is 3.56. The summed E-state index contributed by atoms with van der Waals surface area (Å²) >= 11 is 0. The summed E-state index contributed by atoms with van der Waals surface area (Å²) in [5.41, 5.74) is 1.15. The van der Waals surface area contributed by atoms with Gasteiger partial charge in [-0.3, -0.25) is 0 Å². The minimum absolute atomic E-state index is 0.0890. The molecule has 0 radical (unpaired) electrons. The first kappa shape index (κ1) is 17.9. The highest BCUT2D eigenvalue weighted by molar-refractivity contribution is 5.74. The Morgan fingerprint density at radius 1 is 1.26 bits per heavy atom. The third-order valence-electron chi connectivity index (χ3n) is 5.45. The Morgan fingerprint density at radius 3 is 2.63 bits per heavy atom. The molecule has 2 aliphatic rings. The van der Waals surface area contributed by atoms with Crippen LogP contribution >= 0.6 is 0 Å². The summed E-state index contributed by atoms with van der Waals surface area (Å²) in [6.45, 7) is 3.31. The van der Waals surface area contributed by atoms with Crippen molar-refractivity contribution in [1.29, 1.82) is 0 Å². The van der Waals surface area contributed by atoms with Crippen LogP contribution in [0.15, 0.2) is 28.8 Å². The Labute approximate surface area is 158 Å². The highest BCUT2D eigenvalue weighted by Gasteiger charge is 2.30. The summed E-state index contributed by atoms with van der Waals surface area (Å²) in [5, 5.41) is 6.96. The molecule has 0 spiro atoms. The molecule has 0 bridgehead atoms. The maximum Gasteiger partial charge on any atom is 0.318 e. The predicted molar refractivity (Wildman–Crippen MR) is 97.6 cm³/mol. The van der Waals surface area contributed by atoms with E-state index in [9.17, 15) is 9.18 Å². The summed E-state index contributed by atoms with van der Waals surface area (Å²) in [6, 6.07) is 6.31. The minimum Gasteiger partial charge on any atom is -0.337 e. The van der Waals surface area contributed by atoms with Crippen molar-refractivity contribution in [3.8, 4) is 0 Å². The van der Waals surface area contributed by atoms with Crippen LogP contribution in [0.3, 0.4) is 0 Å². The lowest BCUT2D eigenvalue weighted by Crippen LogP contribution is -2.45. The van der Waals surface area contributed by atoms with Gasteiger partial charge in [0.25, 0.3) is 0 Å². The van der Waals surface area contributed by atoms with Crippen molar-refractivity contribution in [2.75, 3.05) is 13.1 Å². The van der Waals surface area contributed by atoms with Crippen LogP contribution in [0.4, 0.5) is 9.18 Å². The number of urea groups is 1. The van der Waals surface area contributed by atoms with Gasteiger partial charge >= 0.3 is 6.03 Å². The van der Waals surface area contributed by atoms with Gasteiger partial charge in [-0.05, 0) is 62.6 Å². The second-order valence-electron chi connectivity index (χ2n) is 7.70. The van der Waals surface area contributed by atoms with Gasteiger partial charge in [0, 0.05) is 19.0 Å². The molecule has 1 aliphatic heterocycles. The van der Waals surface area contributed by atoms with Crippen LogP contribution in [-0.2, 0) is 6.42 Å². The molecule has 7 heteroatoms. The van der Waals surface area contributed by atoms with Gasteiger partial charge in [-0.15, -0.1) is 0 Å². The monoisotopic (exact) mass is 372 g/mol. The lowest BCUT2D eigenvalue weighted by Gasteiger charge is -2.32. The number of carbonyl (C=O) groups excluding carboxylic acids is 1. The van der Waals surface area contributed by atoms with Gasteiger partial charge in [-0.2, -0.15) is 4.98 Å². The standard InChI is InChI=1S/C20H25FN4O2/c1-13(19-23-18(24-27-19)16-4-5-16)22-20(26)25-10-8-15(9-11-25)12-14-2-6-17(21)7-3-14/h2-3,6-7,13,15-16H,4-5,8-12H2,1H3,(H,22,26)/t13-/m1/s1. The molecule has 144 valence electrons. The number of benzene rings is 1. The molecule has 1 atom stereocenters. The number of halogens is 1. The topological polar surface area (TPSA) is 71.3 Å². The van der Waals surface area contributed by atoms with Crippen molar-refractivity contribution in [3.63, 3.8) is 0 Å². The molecule has 1 saturated carbocycles. The summed E-state index contributed by atoms with van der Waals surface area (Å²) < 4.78 is 18.3. The lowest BCUT2D eigenvalue weighted by atomic mass is 9.90. The quantitative estimate of drug-likeness (QED) is 0.866. The van der Waals surface area contributed by atoms with Crippen molar-refractivity contribution < 1.29 is 13.7 Å². The first-order chi connectivity index (χ1) is 13.1. The molecule has 2 amide bonds. The second-order valence-corrected chi connectivity index (χ2v) is 7.70. The van der Waals surface area contributed by atoms with Gasteiger partial charge < -0.3 is 14.7 Å². The van der Waals surface area contributed by atoms with E-state index in [0.717, 1.165) is 56.6 Å². The molecule has 1 saturated heterocycles. The molecule has 1 aromatic heterocycles. The zero-order valence-electron chi connectivity index (χ0n) is 15.5. The van der Waals surface area contributed by atoms with Crippen molar-refractivity contribution in [2.24, 2.45) is 5.92 Å². The number of nitrogens with zero attached hydrogens (tertiary/aromatic N) is 3. The molecular formula is C20H25FN4O2. The third-order valence-corrected chi connectivity index (χ3v) is 5.45. The Bertz CT molecular complexity index is 780. The fraction of sp³-hybridized carbons (Fsp3) is 0.550. The number of amides is 2. The molecule has 2 heterocycles. The van der Waals surface area contributed by atoms with Crippen molar-refractivity contribution in [1.82, 2.24) is 20.4 Å². The van der Waals surface area contributed by atoms with Gasteiger partial charge in [0.2, 0.25) is 5.89 Å². The average molecular weight is 372 g/mol. The van der Waals surface area contributed by atoms with Crippen molar-refractivity contribution in [2.45, 2.75) is 51.0 Å². The smallest absolute Gasteiger partial charge is 0.318 e. The first-order valence-electron chi connectivity index (χ1n) is 9.72. The van der Waals surface area contributed by atoms with Gasteiger partial charge in [-0.25, -0.2) is 9.18 Å². The number of rotatable bonds is 5. The summed E-state index contributed by atoms with van der Waals surface area (Å²) in [4.78, 5) is 18.8. The summed E-state index contributed by atoms with van der Waals surface area (Å²) in [7, 11) is 0. The zero-order valence-corrected chi connectivity index (χ0v) is 15.5. The maximum atomic E-state index is 13.0. The molecule has 2 fully saturated rings. The second kappa shape index (κ2) is 7.66. The van der Waals surface area contributed by atoms with E-state index in [1.807, 2.05) is 24.0 Å². The number of carbonyl (C=O) groups is 1. The van der Waals surface area contributed by atoms with E-state index in [4.69, 9.17) is 4.52 Å². The van der Waals surface area contributed by atoms with E-state index >= 15 is 0 Å². The SMILES string of the molecule is C[C@@H](NC(=O)N1CCC(Cc2ccc(F)cc2)CC1)c1nc(C2CC2)no1. The zero-order chi connectivity index (χ0) is 18.8. The van der Waals surface area contributed by atoms with E-state index < -0.39 is 0 Å². The number of hydrogen-bond acceptors (Lipinski definition) is 4. The predicted octanol–water partition coefficient (Wildman–Crippen LogP) is 3.81.